The lowest BCUT2D eigenvalue weighted by Crippen LogP contribution is -2.42. The maximum atomic E-state index is 12.3. The molecule has 6 nitrogen and oxygen atoms in total. The van der Waals surface area contributed by atoms with Crippen LogP contribution in [0, 0.1) is 0 Å². The Hall–Kier alpha value is -3.15. The van der Waals surface area contributed by atoms with Crippen molar-refractivity contribution in [2.75, 3.05) is 5.32 Å². The summed E-state index contributed by atoms with van der Waals surface area (Å²) in [4.78, 5) is 36.8. The van der Waals surface area contributed by atoms with E-state index < -0.39 is 6.04 Å². The number of carbonyl (C=O) groups excluding carboxylic acids is 3. The minimum absolute atomic E-state index is 0.120. The topological polar surface area (TPSA) is 87.3 Å². The van der Waals surface area contributed by atoms with E-state index in [0.29, 0.717) is 11.3 Å². The zero-order valence-electron chi connectivity index (χ0n) is 14.5. The molecule has 1 unspecified atom stereocenters. The molecular weight excluding hydrogens is 330 g/mol. The number of anilines is 1. The Morgan fingerprint density at radius 3 is 2.54 bits per heavy atom. The van der Waals surface area contributed by atoms with Gasteiger partial charge in [-0.2, -0.15) is 0 Å². The number of rotatable bonds is 5. The monoisotopic (exact) mass is 351 g/mol. The smallest absolute Gasteiger partial charge is 0.254 e. The standard InChI is InChI=1S/C20H21N3O3/c1-13(14-7-3-2-4-8-14)21-18(24)12-11-17-20(26)22-16-10-6-5-9-15(16)19(25)23-17/h2-10,13,17H,11-12H2,1H3,(H,21,24)(H,22,26)(H,23,25)/t13?,17-/m1/s1. The quantitative estimate of drug-likeness (QED) is 0.773. The van der Waals surface area contributed by atoms with Gasteiger partial charge in [0.2, 0.25) is 11.8 Å². The number of hydrogen-bond acceptors (Lipinski definition) is 3. The maximum absolute atomic E-state index is 12.3. The normalized spacial score (nSPS) is 17.3. The molecule has 1 aliphatic heterocycles. The van der Waals surface area contributed by atoms with Crippen LogP contribution >= 0.6 is 0 Å². The van der Waals surface area contributed by atoms with E-state index in [-0.39, 0.29) is 36.6 Å². The van der Waals surface area contributed by atoms with Crippen molar-refractivity contribution in [3.05, 3.63) is 65.7 Å². The molecule has 0 saturated carbocycles. The predicted octanol–water partition coefficient (Wildman–Crippen LogP) is 2.39. The number of fused-ring (bicyclic) bond motifs is 1. The number of nitrogens with one attached hydrogen (secondary N) is 3. The van der Waals surface area contributed by atoms with E-state index in [0.717, 1.165) is 5.56 Å². The van der Waals surface area contributed by atoms with Gasteiger partial charge >= 0.3 is 0 Å². The van der Waals surface area contributed by atoms with Crippen molar-refractivity contribution in [2.24, 2.45) is 0 Å². The molecule has 0 aromatic heterocycles. The zero-order chi connectivity index (χ0) is 18.5. The van der Waals surface area contributed by atoms with Gasteiger partial charge < -0.3 is 16.0 Å². The molecule has 26 heavy (non-hydrogen) atoms. The van der Waals surface area contributed by atoms with Gasteiger partial charge in [0.25, 0.3) is 5.91 Å². The highest BCUT2D eigenvalue weighted by atomic mass is 16.2. The van der Waals surface area contributed by atoms with Crippen molar-refractivity contribution in [1.29, 1.82) is 0 Å². The summed E-state index contributed by atoms with van der Waals surface area (Å²) in [6.45, 7) is 1.91. The van der Waals surface area contributed by atoms with E-state index >= 15 is 0 Å². The largest absolute Gasteiger partial charge is 0.350 e. The van der Waals surface area contributed by atoms with E-state index in [1.54, 1.807) is 24.3 Å². The summed E-state index contributed by atoms with van der Waals surface area (Å²) in [5, 5.41) is 8.34. The first-order chi connectivity index (χ1) is 12.5. The van der Waals surface area contributed by atoms with Gasteiger partial charge in [-0.15, -0.1) is 0 Å². The van der Waals surface area contributed by atoms with Crippen LogP contribution in [0.5, 0.6) is 0 Å². The molecule has 1 aliphatic rings. The average molecular weight is 351 g/mol. The Morgan fingerprint density at radius 1 is 1.08 bits per heavy atom. The van der Waals surface area contributed by atoms with E-state index in [2.05, 4.69) is 16.0 Å². The molecule has 3 amide bonds. The van der Waals surface area contributed by atoms with Crippen molar-refractivity contribution < 1.29 is 14.4 Å². The van der Waals surface area contributed by atoms with E-state index in [1.807, 2.05) is 37.3 Å². The first-order valence-electron chi connectivity index (χ1n) is 8.59. The molecule has 134 valence electrons. The highest BCUT2D eigenvalue weighted by Crippen LogP contribution is 2.19. The number of amides is 3. The SMILES string of the molecule is CC(NC(=O)CC[C@H]1NC(=O)c2ccccc2NC1=O)c1ccccc1. The molecular formula is C20H21N3O3. The fourth-order valence-corrected chi connectivity index (χ4v) is 2.93. The second-order valence-corrected chi connectivity index (χ2v) is 6.30. The van der Waals surface area contributed by atoms with Crippen molar-refractivity contribution in [2.45, 2.75) is 31.8 Å². The second-order valence-electron chi connectivity index (χ2n) is 6.30. The molecule has 0 fully saturated rings. The molecule has 0 aliphatic carbocycles. The molecule has 3 rings (SSSR count). The molecule has 0 spiro atoms. The number of para-hydroxylation sites is 1. The summed E-state index contributed by atoms with van der Waals surface area (Å²) >= 11 is 0. The van der Waals surface area contributed by atoms with Gasteiger partial charge in [-0.1, -0.05) is 42.5 Å². The molecule has 0 saturated heterocycles. The van der Waals surface area contributed by atoms with Gasteiger partial charge in [0.15, 0.2) is 0 Å². The summed E-state index contributed by atoms with van der Waals surface area (Å²) in [6.07, 6.45) is 0.380. The van der Waals surface area contributed by atoms with Crippen LogP contribution in [0.2, 0.25) is 0 Å². The summed E-state index contributed by atoms with van der Waals surface area (Å²) in [5.74, 6) is -0.792. The van der Waals surface area contributed by atoms with E-state index in [4.69, 9.17) is 0 Å². The van der Waals surface area contributed by atoms with Gasteiger partial charge in [-0.25, -0.2) is 0 Å². The zero-order valence-corrected chi connectivity index (χ0v) is 14.5. The predicted molar refractivity (Wildman–Crippen MR) is 98.6 cm³/mol. The van der Waals surface area contributed by atoms with Crippen LogP contribution < -0.4 is 16.0 Å². The van der Waals surface area contributed by atoms with Crippen LogP contribution in [0.3, 0.4) is 0 Å². The molecule has 2 aromatic rings. The van der Waals surface area contributed by atoms with Gasteiger partial charge in [-0.3, -0.25) is 14.4 Å². The number of hydrogen-bond donors (Lipinski definition) is 3. The van der Waals surface area contributed by atoms with E-state index in [9.17, 15) is 14.4 Å². The van der Waals surface area contributed by atoms with Crippen molar-refractivity contribution in [1.82, 2.24) is 10.6 Å². The fourth-order valence-electron chi connectivity index (χ4n) is 2.93. The molecule has 6 heteroatoms. The van der Waals surface area contributed by atoms with Gasteiger partial charge in [0.1, 0.15) is 6.04 Å². The fraction of sp³-hybridized carbons (Fsp3) is 0.250. The highest BCUT2D eigenvalue weighted by Gasteiger charge is 2.27. The molecule has 1 heterocycles. The van der Waals surface area contributed by atoms with Crippen LogP contribution in [0.25, 0.3) is 0 Å². The van der Waals surface area contributed by atoms with Crippen molar-refractivity contribution in [3.63, 3.8) is 0 Å². The Balaban J connectivity index is 1.57. The summed E-state index contributed by atoms with van der Waals surface area (Å²) < 4.78 is 0. The molecule has 2 atom stereocenters. The maximum Gasteiger partial charge on any atom is 0.254 e. The minimum Gasteiger partial charge on any atom is -0.350 e. The van der Waals surface area contributed by atoms with E-state index in [1.165, 1.54) is 0 Å². The third-order valence-corrected chi connectivity index (χ3v) is 4.39. The highest BCUT2D eigenvalue weighted by molar-refractivity contribution is 6.09. The Labute approximate surface area is 152 Å². The Kier molecular flexibility index (Phi) is 5.31. The van der Waals surface area contributed by atoms with Crippen LogP contribution in [-0.2, 0) is 9.59 Å². The third-order valence-electron chi connectivity index (χ3n) is 4.39. The van der Waals surface area contributed by atoms with Gasteiger partial charge in [0.05, 0.1) is 17.3 Å². The molecule has 0 radical (unpaired) electrons. The van der Waals surface area contributed by atoms with Crippen LogP contribution in [-0.4, -0.2) is 23.8 Å². The second kappa shape index (κ2) is 7.82. The van der Waals surface area contributed by atoms with Gasteiger partial charge in [0, 0.05) is 6.42 Å². The lowest BCUT2D eigenvalue weighted by atomic mass is 10.1. The summed E-state index contributed by atoms with van der Waals surface area (Å²) in [7, 11) is 0. The van der Waals surface area contributed by atoms with Crippen LogP contribution in [0.4, 0.5) is 5.69 Å². The van der Waals surface area contributed by atoms with Crippen LogP contribution in [0.1, 0.15) is 41.7 Å². The lowest BCUT2D eigenvalue weighted by Gasteiger charge is -2.17. The summed E-state index contributed by atoms with van der Waals surface area (Å²) in [5.41, 5.74) is 1.92. The van der Waals surface area contributed by atoms with Crippen LogP contribution in [0.15, 0.2) is 54.6 Å². The number of carbonyl (C=O) groups is 3. The van der Waals surface area contributed by atoms with Gasteiger partial charge in [-0.05, 0) is 31.0 Å². The Bertz CT molecular complexity index is 820. The lowest BCUT2D eigenvalue weighted by molar-refractivity contribution is -0.122. The van der Waals surface area contributed by atoms with Crippen molar-refractivity contribution in [3.8, 4) is 0 Å². The molecule has 2 aromatic carbocycles. The summed E-state index contributed by atoms with van der Waals surface area (Å²) in [6, 6.07) is 15.6. The average Bonchev–Trinajstić information content (AvgIpc) is 2.77. The molecule has 3 N–H and O–H groups in total. The third kappa shape index (κ3) is 4.08. The molecule has 0 bridgehead atoms. The first kappa shape index (κ1) is 17.7. The first-order valence-corrected chi connectivity index (χ1v) is 8.59. The van der Waals surface area contributed by atoms with Crippen molar-refractivity contribution >= 4 is 23.4 Å². The minimum atomic E-state index is -0.743. The number of benzene rings is 2. The Morgan fingerprint density at radius 2 is 1.77 bits per heavy atom.